The minimum atomic E-state index is -1.54. The standard InChI is InChI=1S/C11H25IOSi/c1-9(12)8-10(2)13-14(6,7)11(3,4)5/h9-10H,8H2,1-7H3/t9?,10-/m1/s1. The molecular weight excluding hydrogens is 303 g/mol. The van der Waals surface area contributed by atoms with Crippen molar-refractivity contribution in [1.82, 2.24) is 0 Å². The molecule has 0 N–H and O–H groups in total. The van der Waals surface area contributed by atoms with Crippen LogP contribution >= 0.6 is 22.6 Å². The average Bonchev–Trinajstić information content (AvgIpc) is 1.79. The van der Waals surface area contributed by atoms with Gasteiger partial charge in [0.05, 0.1) is 0 Å². The second kappa shape index (κ2) is 5.30. The molecule has 0 aliphatic rings. The Labute approximate surface area is 104 Å². The van der Waals surface area contributed by atoms with Gasteiger partial charge in [-0.25, -0.2) is 0 Å². The van der Waals surface area contributed by atoms with Crippen molar-refractivity contribution >= 4 is 30.9 Å². The van der Waals surface area contributed by atoms with Gasteiger partial charge in [0.15, 0.2) is 8.32 Å². The van der Waals surface area contributed by atoms with Crippen LogP contribution in [0.25, 0.3) is 0 Å². The van der Waals surface area contributed by atoms with E-state index in [1.54, 1.807) is 0 Å². The number of alkyl halides is 1. The third-order valence-corrected chi connectivity index (χ3v) is 8.07. The molecule has 0 aromatic heterocycles. The maximum Gasteiger partial charge on any atom is 0.192 e. The Bertz CT molecular complexity index is 173. The van der Waals surface area contributed by atoms with Crippen LogP contribution in [0, 0.1) is 0 Å². The Morgan fingerprint density at radius 2 is 1.64 bits per heavy atom. The molecule has 1 nitrogen and oxygen atoms in total. The van der Waals surface area contributed by atoms with Crippen LogP contribution in [0.1, 0.15) is 41.0 Å². The quantitative estimate of drug-likeness (QED) is 0.416. The van der Waals surface area contributed by atoms with Crippen LogP contribution < -0.4 is 0 Å². The SMILES string of the molecule is CC(I)C[C@@H](C)O[Si](C)(C)C(C)(C)C. The number of hydrogen-bond donors (Lipinski definition) is 0. The molecule has 3 heteroatoms. The van der Waals surface area contributed by atoms with Gasteiger partial charge in [-0.2, -0.15) is 0 Å². The van der Waals surface area contributed by atoms with E-state index in [0.717, 1.165) is 6.42 Å². The molecule has 0 aliphatic heterocycles. The van der Waals surface area contributed by atoms with Crippen LogP contribution in [0.3, 0.4) is 0 Å². The van der Waals surface area contributed by atoms with Gasteiger partial charge in [-0.1, -0.05) is 50.3 Å². The zero-order valence-corrected chi connectivity index (χ0v) is 13.8. The highest BCUT2D eigenvalue weighted by Gasteiger charge is 2.38. The summed E-state index contributed by atoms with van der Waals surface area (Å²) < 4.78 is 6.95. The molecule has 86 valence electrons. The monoisotopic (exact) mass is 328 g/mol. The molecule has 0 fully saturated rings. The zero-order valence-electron chi connectivity index (χ0n) is 10.6. The van der Waals surface area contributed by atoms with E-state index in [1.807, 2.05) is 0 Å². The van der Waals surface area contributed by atoms with Crippen LogP contribution in [-0.2, 0) is 4.43 Å². The first-order valence-corrected chi connectivity index (χ1v) is 9.53. The zero-order chi connectivity index (χ0) is 11.6. The minimum absolute atomic E-state index is 0.329. The Balaban J connectivity index is 4.22. The molecule has 0 aromatic rings. The summed E-state index contributed by atoms with van der Waals surface area (Å²) in [5.74, 6) is 0. The molecule has 0 rings (SSSR count). The number of rotatable bonds is 4. The van der Waals surface area contributed by atoms with Gasteiger partial charge in [-0.15, -0.1) is 0 Å². The van der Waals surface area contributed by atoms with Crippen molar-refractivity contribution in [3.63, 3.8) is 0 Å². The van der Waals surface area contributed by atoms with Gasteiger partial charge >= 0.3 is 0 Å². The molecule has 0 bridgehead atoms. The topological polar surface area (TPSA) is 9.23 Å². The van der Waals surface area contributed by atoms with E-state index in [-0.39, 0.29) is 0 Å². The summed E-state index contributed by atoms with van der Waals surface area (Å²) in [4.78, 5) is 0. The predicted octanol–water partition coefficient (Wildman–Crippen LogP) is 4.61. The van der Waals surface area contributed by atoms with E-state index in [0.29, 0.717) is 15.1 Å². The Morgan fingerprint density at radius 3 is 1.93 bits per heavy atom. The summed E-state index contributed by atoms with van der Waals surface area (Å²) in [7, 11) is -1.54. The lowest BCUT2D eigenvalue weighted by atomic mass is 10.2. The van der Waals surface area contributed by atoms with Crippen molar-refractivity contribution in [2.24, 2.45) is 0 Å². The largest absolute Gasteiger partial charge is 0.414 e. The van der Waals surface area contributed by atoms with Gasteiger partial charge < -0.3 is 4.43 Å². The number of halogens is 1. The highest BCUT2D eigenvalue weighted by atomic mass is 127. The fourth-order valence-electron chi connectivity index (χ4n) is 1.19. The second-order valence-corrected chi connectivity index (χ2v) is 12.6. The summed E-state index contributed by atoms with van der Waals surface area (Å²) in [5.41, 5.74) is 0. The second-order valence-electron chi connectivity index (χ2n) is 5.71. The maximum absolute atomic E-state index is 6.25. The van der Waals surface area contributed by atoms with Gasteiger partial charge in [0.1, 0.15) is 0 Å². The van der Waals surface area contributed by atoms with E-state index < -0.39 is 8.32 Å². The molecule has 0 heterocycles. The first-order chi connectivity index (χ1) is 6.06. The molecule has 0 saturated carbocycles. The van der Waals surface area contributed by atoms with Gasteiger partial charge in [0.25, 0.3) is 0 Å². The van der Waals surface area contributed by atoms with Gasteiger partial charge in [-0.05, 0) is 31.5 Å². The lowest BCUT2D eigenvalue weighted by Crippen LogP contribution is -2.43. The van der Waals surface area contributed by atoms with Crippen molar-refractivity contribution in [3.8, 4) is 0 Å². The van der Waals surface area contributed by atoms with Crippen molar-refractivity contribution in [3.05, 3.63) is 0 Å². The van der Waals surface area contributed by atoms with Crippen molar-refractivity contribution in [2.75, 3.05) is 0 Å². The van der Waals surface area contributed by atoms with Gasteiger partial charge in [0.2, 0.25) is 0 Å². The van der Waals surface area contributed by atoms with Crippen molar-refractivity contribution in [2.45, 2.75) is 69.2 Å². The molecule has 0 aliphatic carbocycles. The van der Waals surface area contributed by atoms with Crippen LogP contribution in [0.4, 0.5) is 0 Å². The summed E-state index contributed by atoms with van der Waals surface area (Å²) in [5, 5.41) is 0.329. The normalized spacial score (nSPS) is 18.0. The van der Waals surface area contributed by atoms with Crippen LogP contribution in [-0.4, -0.2) is 18.3 Å². The van der Waals surface area contributed by atoms with Crippen LogP contribution in [0.5, 0.6) is 0 Å². The maximum atomic E-state index is 6.25. The summed E-state index contributed by atoms with van der Waals surface area (Å²) >= 11 is 2.47. The Kier molecular flexibility index (Phi) is 5.64. The molecule has 0 saturated heterocycles. The lowest BCUT2D eigenvalue weighted by molar-refractivity contribution is 0.191. The van der Waals surface area contributed by atoms with Gasteiger partial charge in [-0.3, -0.25) is 0 Å². The molecule has 0 aromatic carbocycles. The van der Waals surface area contributed by atoms with Crippen LogP contribution in [0.15, 0.2) is 0 Å². The summed E-state index contributed by atoms with van der Waals surface area (Å²) in [6, 6.07) is 0. The van der Waals surface area contributed by atoms with Crippen molar-refractivity contribution in [1.29, 1.82) is 0 Å². The van der Waals surface area contributed by atoms with E-state index in [2.05, 4.69) is 70.3 Å². The average molecular weight is 328 g/mol. The lowest BCUT2D eigenvalue weighted by Gasteiger charge is -2.38. The van der Waals surface area contributed by atoms with Crippen LogP contribution in [0.2, 0.25) is 18.1 Å². The smallest absolute Gasteiger partial charge is 0.192 e. The highest BCUT2D eigenvalue weighted by Crippen LogP contribution is 2.37. The van der Waals surface area contributed by atoms with E-state index in [4.69, 9.17) is 4.43 Å². The molecule has 0 spiro atoms. The molecular formula is C11H25IOSi. The Hall–Kier alpha value is 0.907. The Morgan fingerprint density at radius 1 is 1.21 bits per heavy atom. The number of hydrogen-bond acceptors (Lipinski definition) is 1. The van der Waals surface area contributed by atoms with E-state index >= 15 is 0 Å². The fourth-order valence-corrected chi connectivity index (χ4v) is 3.36. The molecule has 2 atom stereocenters. The molecule has 0 radical (unpaired) electrons. The fraction of sp³-hybridized carbons (Fsp3) is 1.00. The predicted molar refractivity (Wildman–Crippen MR) is 75.8 cm³/mol. The summed E-state index contributed by atoms with van der Waals surface area (Å²) in [6.07, 6.45) is 1.57. The van der Waals surface area contributed by atoms with E-state index in [1.165, 1.54) is 0 Å². The highest BCUT2D eigenvalue weighted by molar-refractivity contribution is 14.1. The first kappa shape index (κ1) is 14.9. The summed E-state index contributed by atoms with van der Waals surface area (Å²) in [6.45, 7) is 16.0. The first-order valence-electron chi connectivity index (χ1n) is 5.38. The third kappa shape index (κ3) is 5.12. The molecule has 0 amide bonds. The molecule has 14 heavy (non-hydrogen) atoms. The van der Waals surface area contributed by atoms with Gasteiger partial charge in [0, 0.05) is 10.0 Å². The molecule has 1 unspecified atom stereocenters. The van der Waals surface area contributed by atoms with E-state index in [9.17, 15) is 0 Å². The minimum Gasteiger partial charge on any atom is -0.414 e. The van der Waals surface area contributed by atoms with Crippen molar-refractivity contribution < 1.29 is 4.43 Å². The third-order valence-electron chi connectivity index (χ3n) is 2.96.